The van der Waals surface area contributed by atoms with Gasteiger partial charge in [0, 0.05) is 6.54 Å². The summed E-state index contributed by atoms with van der Waals surface area (Å²) in [6, 6.07) is 3.60. The van der Waals surface area contributed by atoms with Crippen LogP contribution in [0.2, 0.25) is 0 Å². The smallest absolute Gasteiger partial charge is 0.160 e. The molecule has 6 nitrogen and oxygen atoms in total. The zero-order valence-corrected chi connectivity index (χ0v) is 10.7. The fourth-order valence-corrected chi connectivity index (χ4v) is 2.67. The molecule has 102 valence electrons. The fourth-order valence-electron chi connectivity index (χ4n) is 2.67. The van der Waals surface area contributed by atoms with Crippen molar-refractivity contribution in [2.75, 3.05) is 17.6 Å². The van der Waals surface area contributed by atoms with Crippen LogP contribution >= 0.6 is 0 Å². The number of nitrogens with zero attached hydrogens (tertiary/aromatic N) is 2. The molecule has 4 N–H and O–H groups in total. The number of aromatic nitrogens is 2. The number of hydrogen-bond donors (Lipinski definition) is 3. The van der Waals surface area contributed by atoms with Gasteiger partial charge in [-0.15, -0.1) is 0 Å². The van der Waals surface area contributed by atoms with E-state index in [9.17, 15) is 5.11 Å². The highest BCUT2D eigenvalue weighted by Gasteiger charge is 2.29. The molecule has 0 unspecified atom stereocenters. The first kappa shape index (κ1) is 12.2. The molecule has 0 amide bonds. The molecule has 1 heterocycles. The predicted octanol–water partition coefficient (Wildman–Crippen LogP) is 1.91. The maximum absolute atomic E-state index is 10.5. The lowest BCUT2D eigenvalue weighted by atomic mass is 9.85. The molecule has 19 heavy (non-hydrogen) atoms. The van der Waals surface area contributed by atoms with Crippen molar-refractivity contribution >= 4 is 22.4 Å². The molecule has 3 rings (SSSR count). The highest BCUT2D eigenvalue weighted by Crippen LogP contribution is 2.30. The normalized spacial score (nSPS) is 18.6. The maximum atomic E-state index is 10.5. The van der Waals surface area contributed by atoms with Crippen LogP contribution in [0.3, 0.4) is 0 Å². The van der Waals surface area contributed by atoms with Gasteiger partial charge in [-0.2, -0.15) is 0 Å². The fraction of sp³-hybridized carbons (Fsp3) is 0.538. The molecule has 6 heteroatoms. The van der Waals surface area contributed by atoms with Gasteiger partial charge in [0.05, 0.1) is 17.0 Å². The Bertz CT molecular complexity index is 575. The molecule has 0 atom stereocenters. The van der Waals surface area contributed by atoms with E-state index in [-0.39, 0.29) is 0 Å². The van der Waals surface area contributed by atoms with E-state index in [0.717, 1.165) is 31.4 Å². The largest absolute Gasteiger partial charge is 0.397 e. The Kier molecular flexibility index (Phi) is 3.02. The molecule has 0 spiro atoms. The van der Waals surface area contributed by atoms with Gasteiger partial charge in [0.25, 0.3) is 0 Å². The van der Waals surface area contributed by atoms with Gasteiger partial charge in [-0.1, -0.05) is 19.3 Å². The van der Waals surface area contributed by atoms with Crippen LogP contribution in [0.5, 0.6) is 0 Å². The van der Waals surface area contributed by atoms with Crippen LogP contribution in [-0.4, -0.2) is 27.6 Å². The number of nitrogens with one attached hydrogen (secondary N) is 1. The van der Waals surface area contributed by atoms with Gasteiger partial charge >= 0.3 is 0 Å². The molecule has 1 aromatic carbocycles. The van der Waals surface area contributed by atoms with Gasteiger partial charge in [-0.25, -0.2) is 4.63 Å². The zero-order chi connectivity index (χ0) is 13.3. The average Bonchev–Trinajstić information content (AvgIpc) is 2.89. The predicted molar refractivity (Wildman–Crippen MR) is 72.7 cm³/mol. The third-order valence-corrected chi connectivity index (χ3v) is 3.84. The topological polar surface area (TPSA) is 97.2 Å². The van der Waals surface area contributed by atoms with Gasteiger partial charge in [-0.3, -0.25) is 0 Å². The monoisotopic (exact) mass is 262 g/mol. The molecular weight excluding hydrogens is 244 g/mol. The van der Waals surface area contributed by atoms with Crippen LogP contribution in [0.4, 0.5) is 11.4 Å². The van der Waals surface area contributed by atoms with Crippen LogP contribution in [0.25, 0.3) is 11.0 Å². The van der Waals surface area contributed by atoms with Crippen molar-refractivity contribution in [3.63, 3.8) is 0 Å². The van der Waals surface area contributed by atoms with E-state index in [0.29, 0.717) is 23.3 Å². The van der Waals surface area contributed by atoms with Crippen molar-refractivity contribution in [3.05, 3.63) is 12.1 Å². The Hall–Kier alpha value is -1.82. The Morgan fingerprint density at radius 3 is 2.74 bits per heavy atom. The Morgan fingerprint density at radius 1 is 1.21 bits per heavy atom. The van der Waals surface area contributed by atoms with Crippen LogP contribution < -0.4 is 11.1 Å². The second-order valence-corrected chi connectivity index (χ2v) is 5.30. The summed E-state index contributed by atoms with van der Waals surface area (Å²) in [7, 11) is 0. The standard InChI is InChI=1S/C13H18N4O2/c14-9-4-5-10(12-11(9)16-19-17-12)15-8-13(18)6-2-1-3-7-13/h4-5,15,18H,1-3,6-8,14H2. The van der Waals surface area contributed by atoms with E-state index < -0.39 is 5.60 Å². The number of nitrogen functional groups attached to an aromatic ring is 1. The quantitative estimate of drug-likeness (QED) is 0.731. The summed E-state index contributed by atoms with van der Waals surface area (Å²) in [4.78, 5) is 0. The maximum Gasteiger partial charge on any atom is 0.160 e. The molecule has 1 aromatic heterocycles. The molecule has 0 saturated heterocycles. The summed E-state index contributed by atoms with van der Waals surface area (Å²) in [5.41, 5.74) is 7.68. The Labute approximate surface area is 110 Å². The van der Waals surface area contributed by atoms with Gasteiger partial charge < -0.3 is 16.2 Å². The highest BCUT2D eigenvalue weighted by atomic mass is 16.6. The third-order valence-electron chi connectivity index (χ3n) is 3.84. The van der Waals surface area contributed by atoms with E-state index in [1.54, 1.807) is 6.07 Å². The minimum atomic E-state index is -0.622. The first-order chi connectivity index (χ1) is 9.18. The minimum Gasteiger partial charge on any atom is -0.397 e. The lowest BCUT2D eigenvalue weighted by Crippen LogP contribution is -2.38. The second kappa shape index (κ2) is 4.70. The van der Waals surface area contributed by atoms with Gasteiger partial charge in [-0.05, 0) is 35.3 Å². The number of fused-ring (bicyclic) bond motifs is 1. The van der Waals surface area contributed by atoms with Gasteiger partial charge in [0.1, 0.15) is 0 Å². The van der Waals surface area contributed by atoms with Crippen LogP contribution in [-0.2, 0) is 0 Å². The molecule has 0 bridgehead atoms. The molecule has 1 saturated carbocycles. The molecule has 1 aliphatic rings. The first-order valence-corrected chi connectivity index (χ1v) is 6.65. The van der Waals surface area contributed by atoms with Gasteiger partial charge in [0.15, 0.2) is 11.0 Å². The zero-order valence-electron chi connectivity index (χ0n) is 10.7. The average molecular weight is 262 g/mol. The Morgan fingerprint density at radius 2 is 1.95 bits per heavy atom. The van der Waals surface area contributed by atoms with E-state index in [1.807, 2.05) is 6.07 Å². The summed E-state index contributed by atoms with van der Waals surface area (Å²) in [6.07, 6.45) is 5.06. The number of benzene rings is 1. The number of anilines is 2. The minimum absolute atomic E-state index is 0.513. The number of hydrogen-bond acceptors (Lipinski definition) is 6. The van der Waals surface area contributed by atoms with Crippen LogP contribution in [0.1, 0.15) is 32.1 Å². The number of nitrogens with two attached hydrogens (primary N) is 1. The summed E-state index contributed by atoms with van der Waals surface area (Å²) < 4.78 is 4.72. The molecular formula is C13H18N4O2. The summed E-state index contributed by atoms with van der Waals surface area (Å²) in [5, 5.41) is 21.3. The van der Waals surface area contributed by atoms with Crippen LogP contribution in [0, 0.1) is 0 Å². The van der Waals surface area contributed by atoms with E-state index in [1.165, 1.54) is 6.42 Å². The van der Waals surface area contributed by atoms with E-state index >= 15 is 0 Å². The summed E-state index contributed by atoms with van der Waals surface area (Å²) >= 11 is 0. The SMILES string of the molecule is Nc1ccc(NCC2(O)CCCCC2)c2nonc12. The third kappa shape index (κ3) is 2.35. The second-order valence-electron chi connectivity index (χ2n) is 5.30. The Balaban J connectivity index is 1.78. The molecule has 0 radical (unpaired) electrons. The highest BCUT2D eigenvalue weighted by molar-refractivity contribution is 5.94. The van der Waals surface area contributed by atoms with Crippen molar-refractivity contribution in [3.8, 4) is 0 Å². The number of aliphatic hydroxyl groups is 1. The number of rotatable bonds is 3. The van der Waals surface area contributed by atoms with E-state index in [2.05, 4.69) is 15.6 Å². The van der Waals surface area contributed by atoms with Crippen molar-refractivity contribution in [1.82, 2.24) is 10.3 Å². The van der Waals surface area contributed by atoms with Gasteiger partial charge in [0.2, 0.25) is 0 Å². The van der Waals surface area contributed by atoms with Crippen molar-refractivity contribution in [2.24, 2.45) is 0 Å². The molecule has 1 fully saturated rings. The van der Waals surface area contributed by atoms with E-state index in [4.69, 9.17) is 10.4 Å². The summed E-state index contributed by atoms with van der Waals surface area (Å²) in [5.74, 6) is 0. The van der Waals surface area contributed by atoms with Crippen molar-refractivity contribution in [2.45, 2.75) is 37.7 Å². The van der Waals surface area contributed by atoms with Crippen molar-refractivity contribution < 1.29 is 9.74 Å². The molecule has 0 aliphatic heterocycles. The lowest BCUT2D eigenvalue weighted by Gasteiger charge is -2.32. The molecule has 1 aliphatic carbocycles. The molecule has 2 aromatic rings. The van der Waals surface area contributed by atoms with Crippen molar-refractivity contribution in [1.29, 1.82) is 0 Å². The van der Waals surface area contributed by atoms with Crippen LogP contribution in [0.15, 0.2) is 16.8 Å². The lowest BCUT2D eigenvalue weighted by molar-refractivity contribution is 0.0167. The first-order valence-electron chi connectivity index (χ1n) is 6.65. The summed E-state index contributed by atoms with van der Waals surface area (Å²) in [6.45, 7) is 0.513.